The van der Waals surface area contributed by atoms with E-state index >= 15 is 0 Å². The molecule has 0 bridgehead atoms. The Morgan fingerprint density at radius 2 is 1.91 bits per heavy atom. The van der Waals surface area contributed by atoms with Crippen LogP contribution in [0.2, 0.25) is 0 Å². The third-order valence-electron chi connectivity index (χ3n) is 3.54. The maximum absolute atomic E-state index is 3.48. The molecule has 0 spiro atoms. The maximum Gasteiger partial charge on any atom is 0.0182 e. The van der Waals surface area contributed by atoms with Gasteiger partial charge in [0.1, 0.15) is 0 Å². The van der Waals surface area contributed by atoms with Gasteiger partial charge >= 0.3 is 0 Å². The summed E-state index contributed by atoms with van der Waals surface area (Å²) in [6, 6.07) is 0. The van der Waals surface area contributed by atoms with Crippen molar-refractivity contribution < 1.29 is 0 Å². The summed E-state index contributed by atoms with van der Waals surface area (Å²) < 4.78 is 0. The molecule has 0 saturated heterocycles. The van der Waals surface area contributed by atoms with Crippen molar-refractivity contribution in [2.75, 3.05) is 7.05 Å². The Morgan fingerprint density at radius 1 is 1.27 bits per heavy atom. The van der Waals surface area contributed by atoms with Gasteiger partial charge in [-0.15, -0.1) is 0 Å². The smallest absolute Gasteiger partial charge is 0.0182 e. The zero-order valence-corrected chi connectivity index (χ0v) is 7.53. The van der Waals surface area contributed by atoms with Gasteiger partial charge in [-0.1, -0.05) is 25.7 Å². The lowest BCUT2D eigenvalue weighted by Crippen LogP contribution is -2.29. The van der Waals surface area contributed by atoms with E-state index in [1.165, 1.54) is 44.9 Å². The lowest BCUT2D eigenvalue weighted by atomic mass is 9.97. The van der Waals surface area contributed by atoms with Crippen molar-refractivity contribution in [2.24, 2.45) is 5.92 Å². The van der Waals surface area contributed by atoms with Gasteiger partial charge in [0.15, 0.2) is 0 Å². The SMILES string of the molecule is CNC1(CC2CCCC2)CC1. The van der Waals surface area contributed by atoms with Crippen LogP contribution in [0.3, 0.4) is 0 Å². The fourth-order valence-corrected chi connectivity index (χ4v) is 2.47. The third-order valence-corrected chi connectivity index (χ3v) is 3.54. The molecule has 0 unspecified atom stereocenters. The Kier molecular flexibility index (Phi) is 1.92. The van der Waals surface area contributed by atoms with Crippen molar-refractivity contribution in [3.63, 3.8) is 0 Å². The standard InChI is InChI=1S/C10H19N/c1-11-10(6-7-10)8-9-4-2-3-5-9/h9,11H,2-8H2,1H3. The van der Waals surface area contributed by atoms with E-state index in [1.807, 2.05) is 0 Å². The molecule has 64 valence electrons. The molecule has 0 aromatic heterocycles. The summed E-state index contributed by atoms with van der Waals surface area (Å²) in [4.78, 5) is 0. The van der Waals surface area contributed by atoms with Crippen LogP contribution in [0.4, 0.5) is 0 Å². The van der Waals surface area contributed by atoms with E-state index in [1.54, 1.807) is 0 Å². The van der Waals surface area contributed by atoms with Gasteiger partial charge in [0.25, 0.3) is 0 Å². The molecule has 0 radical (unpaired) electrons. The molecule has 0 heterocycles. The predicted molar refractivity (Wildman–Crippen MR) is 47.6 cm³/mol. The van der Waals surface area contributed by atoms with Gasteiger partial charge in [-0.3, -0.25) is 0 Å². The Labute approximate surface area is 69.6 Å². The number of nitrogens with one attached hydrogen (secondary N) is 1. The van der Waals surface area contributed by atoms with E-state index < -0.39 is 0 Å². The van der Waals surface area contributed by atoms with E-state index in [0.29, 0.717) is 5.54 Å². The van der Waals surface area contributed by atoms with Crippen molar-refractivity contribution in [3.05, 3.63) is 0 Å². The van der Waals surface area contributed by atoms with Crippen molar-refractivity contribution in [1.29, 1.82) is 0 Å². The van der Waals surface area contributed by atoms with Gasteiger partial charge in [-0.05, 0) is 32.2 Å². The highest BCUT2D eigenvalue weighted by Crippen LogP contribution is 2.44. The first-order chi connectivity index (χ1) is 5.35. The minimum atomic E-state index is 0.606. The van der Waals surface area contributed by atoms with Crippen molar-refractivity contribution >= 4 is 0 Å². The molecular formula is C10H19N. The second-order valence-corrected chi connectivity index (χ2v) is 4.38. The van der Waals surface area contributed by atoms with Crippen LogP contribution in [-0.4, -0.2) is 12.6 Å². The molecular weight excluding hydrogens is 134 g/mol. The largest absolute Gasteiger partial charge is 0.314 e. The first-order valence-corrected chi connectivity index (χ1v) is 5.04. The lowest BCUT2D eigenvalue weighted by Gasteiger charge is -2.18. The Bertz CT molecular complexity index is 132. The highest BCUT2D eigenvalue weighted by atomic mass is 15.0. The highest BCUT2D eigenvalue weighted by Gasteiger charge is 2.42. The van der Waals surface area contributed by atoms with Gasteiger partial charge in [-0.2, -0.15) is 0 Å². The lowest BCUT2D eigenvalue weighted by molar-refractivity contribution is 0.390. The average Bonchev–Trinajstić information content (AvgIpc) is 2.59. The summed E-state index contributed by atoms with van der Waals surface area (Å²) in [6.45, 7) is 0. The molecule has 2 fully saturated rings. The molecule has 2 aliphatic rings. The zero-order chi connectivity index (χ0) is 7.73. The monoisotopic (exact) mass is 153 g/mol. The van der Waals surface area contributed by atoms with Crippen molar-refractivity contribution in [3.8, 4) is 0 Å². The van der Waals surface area contributed by atoms with Crippen molar-refractivity contribution in [2.45, 2.75) is 50.5 Å². The summed E-state index contributed by atoms with van der Waals surface area (Å²) in [5.74, 6) is 1.06. The third kappa shape index (κ3) is 1.58. The Balaban J connectivity index is 1.80. The fourth-order valence-electron chi connectivity index (χ4n) is 2.47. The quantitative estimate of drug-likeness (QED) is 0.656. The molecule has 1 N–H and O–H groups in total. The van der Waals surface area contributed by atoms with Gasteiger partial charge in [-0.25, -0.2) is 0 Å². The molecule has 0 aromatic rings. The zero-order valence-electron chi connectivity index (χ0n) is 7.53. The second-order valence-electron chi connectivity index (χ2n) is 4.38. The molecule has 0 aromatic carbocycles. The molecule has 0 amide bonds. The molecule has 1 heteroatoms. The Morgan fingerprint density at radius 3 is 2.36 bits per heavy atom. The van der Waals surface area contributed by atoms with Crippen LogP contribution >= 0.6 is 0 Å². The van der Waals surface area contributed by atoms with Crippen LogP contribution in [0.1, 0.15) is 44.9 Å². The van der Waals surface area contributed by atoms with E-state index in [-0.39, 0.29) is 0 Å². The van der Waals surface area contributed by atoms with Gasteiger partial charge in [0.05, 0.1) is 0 Å². The highest BCUT2D eigenvalue weighted by molar-refractivity contribution is 5.02. The summed E-state index contributed by atoms with van der Waals surface area (Å²) in [6.07, 6.45) is 10.3. The van der Waals surface area contributed by atoms with Crippen LogP contribution in [0.15, 0.2) is 0 Å². The molecule has 2 aliphatic carbocycles. The fraction of sp³-hybridized carbons (Fsp3) is 1.00. The van der Waals surface area contributed by atoms with Gasteiger partial charge in [0, 0.05) is 5.54 Å². The summed E-state index contributed by atoms with van der Waals surface area (Å²) in [5.41, 5.74) is 0.606. The van der Waals surface area contributed by atoms with Crippen LogP contribution in [0.25, 0.3) is 0 Å². The van der Waals surface area contributed by atoms with E-state index in [2.05, 4.69) is 12.4 Å². The summed E-state index contributed by atoms with van der Waals surface area (Å²) in [7, 11) is 2.13. The first kappa shape index (κ1) is 7.60. The predicted octanol–water partition coefficient (Wildman–Crippen LogP) is 2.32. The first-order valence-electron chi connectivity index (χ1n) is 5.04. The van der Waals surface area contributed by atoms with Crippen LogP contribution < -0.4 is 5.32 Å². The minimum absolute atomic E-state index is 0.606. The summed E-state index contributed by atoms with van der Waals surface area (Å²) in [5, 5.41) is 3.48. The maximum atomic E-state index is 3.48. The molecule has 2 rings (SSSR count). The number of hydrogen-bond donors (Lipinski definition) is 1. The average molecular weight is 153 g/mol. The molecule has 0 atom stereocenters. The van der Waals surface area contributed by atoms with E-state index in [4.69, 9.17) is 0 Å². The van der Waals surface area contributed by atoms with Crippen molar-refractivity contribution in [1.82, 2.24) is 5.32 Å². The van der Waals surface area contributed by atoms with Gasteiger partial charge in [0.2, 0.25) is 0 Å². The second kappa shape index (κ2) is 2.78. The van der Waals surface area contributed by atoms with Crippen LogP contribution in [-0.2, 0) is 0 Å². The normalized spacial score (nSPS) is 29.2. The number of rotatable bonds is 3. The number of hydrogen-bond acceptors (Lipinski definition) is 1. The summed E-state index contributed by atoms with van der Waals surface area (Å²) >= 11 is 0. The van der Waals surface area contributed by atoms with Crippen LogP contribution in [0.5, 0.6) is 0 Å². The van der Waals surface area contributed by atoms with E-state index in [9.17, 15) is 0 Å². The topological polar surface area (TPSA) is 12.0 Å². The van der Waals surface area contributed by atoms with Gasteiger partial charge < -0.3 is 5.32 Å². The Hall–Kier alpha value is -0.0400. The van der Waals surface area contributed by atoms with Crippen LogP contribution in [0, 0.1) is 5.92 Å². The molecule has 0 aliphatic heterocycles. The minimum Gasteiger partial charge on any atom is -0.314 e. The molecule has 2 saturated carbocycles. The van der Waals surface area contributed by atoms with E-state index in [0.717, 1.165) is 5.92 Å². The molecule has 1 nitrogen and oxygen atoms in total. The molecule has 11 heavy (non-hydrogen) atoms.